The maximum atomic E-state index is 12.6. The lowest BCUT2D eigenvalue weighted by Crippen LogP contribution is -2.47. The van der Waals surface area contributed by atoms with Gasteiger partial charge in [0.25, 0.3) is 5.91 Å². The van der Waals surface area contributed by atoms with Crippen LogP contribution in [-0.4, -0.2) is 44.8 Å². The number of piperidine rings is 1. The summed E-state index contributed by atoms with van der Waals surface area (Å²) in [5.74, 6) is 0.656. The molecule has 0 saturated carbocycles. The topological polar surface area (TPSA) is 60.2 Å². The van der Waals surface area contributed by atoms with Crippen LogP contribution in [0.3, 0.4) is 0 Å². The number of aryl methyl sites for hydroxylation is 2. The monoisotopic (exact) mass is 328 g/mol. The maximum Gasteiger partial charge on any atom is 0.260 e. The second kappa shape index (κ2) is 7.47. The van der Waals surface area contributed by atoms with Gasteiger partial charge in [-0.3, -0.25) is 14.5 Å². The fourth-order valence-corrected chi connectivity index (χ4v) is 3.24. The average molecular weight is 328 g/mol. The van der Waals surface area contributed by atoms with Crippen LogP contribution in [0.5, 0.6) is 5.75 Å². The fraction of sp³-hybridized carbons (Fsp3) is 0.500. The summed E-state index contributed by atoms with van der Waals surface area (Å²) < 4.78 is 7.58. The van der Waals surface area contributed by atoms with E-state index in [1.807, 2.05) is 22.6 Å². The highest BCUT2D eigenvalue weighted by molar-refractivity contribution is 5.78. The second-order valence-electron chi connectivity index (χ2n) is 6.32. The molecular formula is C18H24N4O2. The molecule has 24 heavy (non-hydrogen) atoms. The minimum atomic E-state index is 0.0325. The van der Waals surface area contributed by atoms with Crippen molar-refractivity contribution in [3.8, 4) is 5.75 Å². The van der Waals surface area contributed by atoms with Crippen molar-refractivity contribution in [2.45, 2.75) is 45.7 Å². The van der Waals surface area contributed by atoms with Crippen LogP contribution in [0.4, 0.5) is 0 Å². The molecule has 2 aromatic rings. The van der Waals surface area contributed by atoms with Gasteiger partial charge in [-0.1, -0.05) is 0 Å². The smallest absolute Gasteiger partial charge is 0.260 e. The molecule has 1 atom stereocenters. The maximum absolute atomic E-state index is 12.6. The quantitative estimate of drug-likeness (QED) is 0.845. The first-order valence-electron chi connectivity index (χ1n) is 8.47. The number of carbonyl (C=O) groups is 1. The van der Waals surface area contributed by atoms with Crippen molar-refractivity contribution in [1.29, 1.82) is 0 Å². The van der Waals surface area contributed by atoms with Gasteiger partial charge < -0.3 is 9.64 Å². The van der Waals surface area contributed by atoms with Crippen molar-refractivity contribution in [3.05, 3.63) is 42.0 Å². The number of likely N-dealkylation sites (tertiary alicyclic amines) is 1. The molecule has 0 bridgehead atoms. The standard InChI is InChI=1S/C18H24N4O2/c1-14-10-15(2)22(20-14)12-16-6-3-4-9-21(16)18(23)13-24-17-7-5-8-19-11-17/h5,7-8,10-11,16H,3-4,6,9,12-13H2,1-2H3/t16-/m0/s1. The molecule has 1 fully saturated rings. The molecule has 0 spiro atoms. The SMILES string of the molecule is Cc1cc(C)n(C[C@@H]2CCCCN2C(=O)COc2cccnc2)n1. The van der Waals surface area contributed by atoms with Gasteiger partial charge in [-0.15, -0.1) is 0 Å². The Hall–Kier alpha value is -2.37. The van der Waals surface area contributed by atoms with Gasteiger partial charge >= 0.3 is 0 Å². The molecule has 128 valence electrons. The van der Waals surface area contributed by atoms with E-state index in [9.17, 15) is 4.79 Å². The van der Waals surface area contributed by atoms with Crippen molar-refractivity contribution < 1.29 is 9.53 Å². The van der Waals surface area contributed by atoms with Gasteiger partial charge in [0.2, 0.25) is 0 Å². The molecule has 3 heterocycles. The molecule has 1 saturated heterocycles. The van der Waals surface area contributed by atoms with Crippen LogP contribution < -0.4 is 4.74 Å². The van der Waals surface area contributed by atoms with Gasteiger partial charge in [-0.05, 0) is 51.3 Å². The minimum Gasteiger partial charge on any atom is -0.482 e. The Labute approximate surface area is 142 Å². The minimum absolute atomic E-state index is 0.0325. The lowest BCUT2D eigenvalue weighted by molar-refractivity contribution is -0.137. The number of nitrogens with zero attached hydrogens (tertiary/aromatic N) is 4. The van der Waals surface area contributed by atoms with Gasteiger partial charge in [0.05, 0.1) is 24.5 Å². The molecule has 0 aromatic carbocycles. The number of aromatic nitrogens is 3. The van der Waals surface area contributed by atoms with Crippen LogP contribution in [0.15, 0.2) is 30.6 Å². The van der Waals surface area contributed by atoms with Gasteiger partial charge in [-0.2, -0.15) is 5.10 Å². The highest BCUT2D eigenvalue weighted by Gasteiger charge is 2.27. The van der Waals surface area contributed by atoms with E-state index < -0.39 is 0 Å². The van der Waals surface area contributed by atoms with E-state index in [2.05, 4.69) is 23.1 Å². The lowest BCUT2D eigenvalue weighted by atomic mass is 10.0. The third-order valence-electron chi connectivity index (χ3n) is 4.43. The predicted octanol–water partition coefficient (Wildman–Crippen LogP) is 2.36. The van der Waals surface area contributed by atoms with Crippen LogP contribution in [0.25, 0.3) is 0 Å². The molecule has 1 aliphatic rings. The summed E-state index contributed by atoms with van der Waals surface area (Å²) in [5, 5.41) is 4.53. The van der Waals surface area contributed by atoms with Crippen molar-refractivity contribution in [3.63, 3.8) is 0 Å². The number of pyridine rings is 1. The van der Waals surface area contributed by atoms with Crippen LogP contribution >= 0.6 is 0 Å². The van der Waals surface area contributed by atoms with Gasteiger partial charge in [0.1, 0.15) is 5.75 Å². The number of ether oxygens (including phenoxy) is 1. The zero-order chi connectivity index (χ0) is 16.9. The van der Waals surface area contributed by atoms with Crippen molar-refractivity contribution in [2.75, 3.05) is 13.2 Å². The number of amides is 1. The van der Waals surface area contributed by atoms with E-state index in [1.54, 1.807) is 18.5 Å². The number of hydrogen-bond donors (Lipinski definition) is 0. The first kappa shape index (κ1) is 16.5. The van der Waals surface area contributed by atoms with Crippen LogP contribution in [0.1, 0.15) is 30.7 Å². The van der Waals surface area contributed by atoms with Crippen LogP contribution in [0.2, 0.25) is 0 Å². The Morgan fingerprint density at radius 3 is 2.96 bits per heavy atom. The zero-order valence-electron chi connectivity index (χ0n) is 14.3. The van der Waals surface area contributed by atoms with Crippen molar-refractivity contribution >= 4 is 5.91 Å². The summed E-state index contributed by atoms with van der Waals surface area (Å²) in [6, 6.07) is 5.86. The molecule has 1 amide bonds. The van der Waals surface area contributed by atoms with Gasteiger partial charge in [-0.25, -0.2) is 0 Å². The normalized spacial score (nSPS) is 17.8. The molecule has 0 N–H and O–H groups in total. The Kier molecular flexibility index (Phi) is 5.13. The van der Waals surface area contributed by atoms with Crippen LogP contribution in [0, 0.1) is 13.8 Å². The third-order valence-corrected chi connectivity index (χ3v) is 4.43. The Morgan fingerprint density at radius 1 is 1.38 bits per heavy atom. The van der Waals surface area contributed by atoms with E-state index in [-0.39, 0.29) is 18.6 Å². The van der Waals surface area contributed by atoms with Crippen molar-refractivity contribution in [2.24, 2.45) is 0 Å². The van der Waals surface area contributed by atoms with Crippen molar-refractivity contribution in [1.82, 2.24) is 19.7 Å². The zero-order valence-corrected chi connectivity index (χ0v) is 14.3. The van der Waals surface area contributed by atoms with E-state index in [1.165, 1.54) is 0 Å². The van der Waals surface area contributed by atoms with E-state index >= 15 is 0 Å². The summed E-state index contributed by atoms with van der Waals surface area (Å²) in [4.78, 5) is 18.6. The molecule has 3 rings (SSSR count). The summed E-state index contributed by atoms with van der Waals surface area (Å²) >= 11 is 0. The molecule has 0 unspecified atom stereocenters. The molecular weight excluding hydrogens is 304 g/mol. The fourth-order valence-electron chi connectivity index (χ4n) is 3.24. The summed E-state index contributed by atoms with van der Waals surface area (Å²) in [6.07, 6.45) is 6.51. The number of hydrogen-bond acceptors (Lipinski definition) is 4. The Balaban J connectivity index is 1.63. The molecule has 0 aliphatic carbocycles. The Bertz CT molecular complexity index is 684. The summed E-state index contributed by atoms with van der Waals surface area (Å²) in [6.45, 7) is 5.65. The summed E-state index contributed by atoms with van der Waals surface area (Å²) in [5.41, 5.74) is 2.15. The average Bonchev–Trinajstić information content (AvgIpc) is 2.91. The van der Waals surface area contributed by atoms with Gasteiger partial charge in [0, 0.05) is 18.4 Å². The second-order valence-corrected chi connectivity index (χ2v) is 6.32. The lowest BCUT2D eigenvalue weighted by Gasteiger charge is -2.35. The van der Waals surface area contributed by atoms with Gasteiger partial charge in [0.15, 0.2) is 6.61 Å². The third kappa shape index (κ3) is 3.93. The summed E-state index contributed by atoms with van der Waals surface area (Å²) in [7, 11) is 0. The highest BCUT2D eigenvalue weighted by Crippen LogP contribution is 2.20. The Morgan fingerprint density at radius 2 is 2.25 bits per heavy atom. The predicted molar refractivity (Wildman–Crippen MR) is 90.8 cm³/mol. The molecule has 6 nitrogen and oxygen atoms in total. The van der Waals surface area contributed by atoms with E-state index in [4.69, 9.17) is 4.74 Å². The molecule has 0 radical (unpaired) electrons. The van der Waals surface area contributed by atoms with E-state index in [0.29, 0.717) is 5.75 Å². The number of rotatable bonds is 5. The number of carbonyl (C=O) groups excluding carboxylic acids is 1. The molecule has 2 aromatic heterocycles. The first-order valence-corrected chi connectivity index (χ1v) is 8.47. The van der Waals surface area contributed by atoms with Crippen LogP contribution in [-0.2, 0) is 11.3 Å². The molecule has 1 aliphatic heterocycles. The largest absolute Gasteiger partial charge is 0.482 e. The first-order chi connectivity index (χ1) is 11.6. The molecule has 6 heteroatoms. The highest BCUT2D eigenvalue weighted by atomic mass is 16.5. The van der Waals surface area contributed by atoms with E-state index in [0.717, 1.165) is 43.7 Å².